The van der Waals surface area contributed by atoms with E-state index in [2.05, 4.69) is 20.6 Å². The zero-order chi connectivity index (χ0) is 29.8. The van der Waals surface area contributed by atoms with Gasteiger partial charge in [-0.3, -0.25) is 9.59 Å². The number of carbonyl (C=O) groups excluding carboxylic acids is 1. The van der Waals surface area contributed by atoms with Crippen LogP contribution in [-0.2, 0) is 6.54 Å². The van der Waals surface area contributed by atoms with Gasteiger partial charge < -0.3 is 10.6 Å². The number of para-hydroxylation sites is 1. The van der Waals surface area contributed by atoms with Crippen LogP contribution in [0.5, 0.6) is 0 Å². The first-order valence-electron chi connectivity index (χ1n) is 13.5. The van der Waals surface area contributed by atoms with Crippen molar-refractivity contribution in [1.29, 1.82) is 0 Å². The predicted molar refractivity (Wildman–Crippen MR) is 170 cm³/mol. The van der Waals surface area contributed by atoms with E-state index >= 15 is 0 Å². The third-order valence-corrected chi connectivity index (χ3v) is 7.64. The molecule has 2 heterocycles. The molecule has 0 aliphatic rings. The van der Waals surface area contributed by atoms with Crippen molar-refractivity contribution in [3.05, 3.63) is 152 Å². The molecule has 2 N–H and O–H groups in total. The van der Waals surface area contributed by atoms with Gasteiger partial charge in [0.15, 0.2) is 0 Å². The molecular weight excluding hydrogens is 560 g/mol. The van der Waals surface area contributed by atoms with Gasteiger partial charge in [0, 0.05) is 40.2 Å². The van der Waals surface area contributed by atoms with Gasteiger partial charge in [-0.25, -0.2) is 23.3 Å². The van der Waals surface area contributed by atoms with Crippen molar-refractivity contribution in [3.63, 3.8) is 0 Å². The number of benzene rings is 4. The summed E-state index contributed by atoms with van der Waals surface area (Å²) < 4.78 is 2.56. The van der Waals surface area contributed by atoms with Gasteiger partial charge in [0.05, 0.1) is 17.9 Å². The summed E-state index contributed by atoms with van der Waals surface area (Å²) in [6, 6.07) is 33.1. The average Bonchev–Trinajstić information content (AvgIpc) is 3.32. The van der Waals surface area contributed by atoms with E-state index < -0.39 is 5.69 Å². The molecule has 0 saturated carbocycles. The lowest BCUT2D eigenvalue weighted by Crippen LogP contribution is -2.27. The first-order valence-corrected chi connectivity index (χ1v) is 14.3. The van der Waals surface area contributed by atoms with Crippen LogP contribution in [0.4, 0.5) is 17.3 Å². The number of rotatable bonds is 8. The van der Waals surface area contributed by atoms with E-state index in [1.165, 1.54) is 3.96 Å². The Bertz CT molecular complexity index is 2020. The van der Waals surface area contributed by atoms with Crippen molar-refractivity contribution in [2.24, 2.45) is 0 Å². The number of amides is 1. The lowest BCUT2D eigenvalue weighted by atomic mass is 10.1. The first kappa shape index (κ1) is 27.6. The summed E-state index contributed by atoms with van der Waals surface area (Å²) in [4.78, 5) is 47.0. The van der Waals surface area contributed by atoms with E-state index in [0.29, 0.717) is 22.9 Å². The van der Waals surface area contributed by atoms with Crippen LogP contribution in [-0.4, -0.2) is 24.4 Å². The second kappa shape index (κ2) is 12.1. The maximum atomic E-state index is 13.0. The van der Waals surface area contributed by atoms with Crippen molar-refractivity contribution >= 4 is 34.8 Å². The third-order valence-electron chi connectivity index (χ3n) is 6.80. The highest BCUT2D eigenvalue weighted by molar-refractivity contribution is 7.03. The summed E-state index contributed by atoms with van der Waals surface area (Å²) in [6.45, 7) is 2.19. The standard InChI is InChI=1S/C33H26N6O3S/c1-22-12-17-26(20-29(22)37-31-34-19-18-28(36-31)24-8-4-2-5-9-24)35-30(40)25-15-13-23(14-16-25)21-38-32(41)39(33(42)43-38)27-10-6-3-7-11-27/h2-20H,21H2,1H3,(H,35,40)(H,34,36,37). The zero-order valence-electron chi connectivity index (χ0n) is 23.1. The number of carbonyl (C=O) groups is 1. The topological polar surface area (TPSA) is 111 Å². The van der Waals surface area contributed by atoms with Gasteiger partial charge in [-0.05, 0) is 60.5 Å². The summed E-state index contributed by atoms with van der Waals surface area (Å²) in [5, 5.41) is 6.20. The molecule has 2 aromatic heterocycles. The largest absolute Gasteiger partial charge is 0.346 e. The fourth-order valence-corrected chi connectivity index (χ4v) is 5.36. The van der Waals surface area contributed by atoms with Crippen molar-refractivity contribution in [2.75, 3.05) is 10.6 Å². The molecule has 0 radical (unpaired) electrons. The molecule has 9 nitrogen and oxygen atoms in total. The minimum absolute atomic E-state index is 0.223. The highest BCUT2D eigenvalue weighted by Crippen LogP contribution is 2.25. The summed E-state index contributed by atoms with van der Waals surface area (Å²) in [7, 11) is 0. The van der Waals surface area contributed by atoms with Crippen molar-refractivity contribution in [1.82, 2.24) is 18.5 Å². The molecule has 6 rings (SSSR count). The van der Waals surface area contributed by atoms with Gasteiger partial charge in [0.25, 0.3) is 5.91 Å². The van der Waals surface area contributed by atoms with Crippen LogP contribution in [0.25, 0.3) is 16.9 Å². The van der Waals surface area contributed by atoms with Gasteiger partial charge in [0.2, 0.25) is 5.95 Å². The Morgan fingerprint density at radius 2 is 1.58 bits per heavy atom. The summed E-state index contributed by atoms with van der Waals surface area (Å²) in [5.74, 6) is 0.174. The van der Waals surface area contributed by atoms with Crippen LogP contribution in [0.3, 0.4) is 0 Å². The Hall–Kier alpha value is -5.61. The Morgan fingerprint density at radius 3 is 2.33 bits per heavy atom. The fourth-order valence-electron chi connectivity index (χ4n) is 4.53. The Morgan fingerprint density at radius 1 is 0.860 bits per heavy atom. The molecule has 1 amide bonds. The molecule has 0 aliphatic heterocycles. The smallest absolute Gasteiger partial charge is 0.324 e. The van der Waals surface area contributed by atoms with Gasteiger partial charge in [0.1, 0.15) is 0 Å². The van der Waals surface area contributed by atoms with Crippen LogP contribution in [0.2, 0.25) is 0 Å². The van der Waals surface area contributed by atoms with Crippen molar-refractivity contribution in [2.45, 2.75) is 13.5 Å². The number of anilines is 3. The summed E-state index contributed by atoms with van der Waals surface area (Å²) in [5.41, 5.74) is 5.52. The molecule has 43 heavy (non-hydrogen) atoms. The van der Waals surface area contributed by atoms with Gasteiger partial charge in [-0.2, -0.15) is 0 Å². The van der Waals surface area contributed by atoms with Crippen LogP contribution < -0.4 is 21.2 Å². The number of aromatic nitrogens is 4. The maximum absolute atomic E-state index is 13.0. The molecule has 0 atom stereocenters. The SMILES string of the molecule is Cc1ccc(NC(=O)c2ccc(Cn3sc(=O)n(-c4ccccc4)c3=O)cc2)cc1Nc1nccc(-c2ccccc2)n1. The number of hydrogen-bond acceptors (Lipinski definition) is 7. The summed E-state index contributed by atoms with van der Waals surface area (Å²) in [6.07, 6.45) is 1.71. The zero-order valence-corrected chi connectivity index (χ0v) is 23.9. The average molecular weight is 587 g/mol. The van der Waals surface area contributed by atoms with Crippen LogP contribution >= 0.6 is 11.5 Å². The summed E-state index contributed by atoms with van der Waals surface area (Å²) >= 11 is 0.863. The molecule has 0 saturated heterocycles. The van der Waals surface area contributed by atoms with Gasteiger partial charge in [-0.1, -0.05) is 66.7 Å². The predicted octanol–water partition coefficient (Wildman–Crippen LogP) is 5.87. The van der Waals surface area contributed by atoms with E-state index in [4.69, 9.17) is 0 Å². The molecule has 6 aromatic rings. The van der Waals surface area contributed by atoms with Crippen molar-refractivity contribution < 1.29 is 4.79 Å². The van der Waals surface area contributed by atoms with E-state index in [1.54, 1.807) is 54.7 Å². The molecule has 0 spiro atoms. The van der Waals surface area contributed by atoms with E-state index in [9.17, 15) is 14.4 Å². The van der Waals surface area contributed by atoms with E-state index in [0.717, 1.165) is 44.2 Å². The number of nitrogens with zero attached hydrogens (tertiary/aromatic N) is 4. The monoisotopic (exact) mass is 586 g/mol. The van der Waals surface area contributed by atoms with Crippen LogP contribution in [0.15, 0.2) is 125 Å². The number of hydrogen-bond donors (Lipinski definition) is 2. The molecule has 4 aromatic carbocycles. The normalized spacial score (nSPS) is 10.8. The molecule has 10 heteroatoms. The second-order valence-corrected chi connectivity index (χ2v) is 10.8. The highest BCUT2D eigenvalue weighted by Gasteiger charge is 2.13. The van der Waals surface area contributed by atoms with Crippen molar-refractivity contribution in [3.8, 4) is 16.9 Å². The fraction of sp³-hybridized carbons (Fsp3) is 0.0606. The molecule has 0 aliphatic carbocycles. The highest BCUT2D eigenvalue weighted by atomic mass is 32.1. The molecule has 0 bridgehead atoms. The Balaban J connectivity index is 1.14. The molecule has 0 fully saturated rings. The molecule has 212 valence electrons. The second-order valence-electron chi connectivity index (χ2n) is 9.78. The third kappa shape index (κ3) is 6.19. The molecule has 0 unspecified atom stereocenters. The van der Waals surface area contributed by atoms with Gasteiger partial charge >= 0.3 is 10.6 Å². The maximum Gasteiger partial charge on any atom is 0.346 e. The first-order chi connectivity index (χ1) is 20.9. The minimum atomic E-state index is -0.399. The Kier molecular flexibility index (Phi) is 7.75. The van der Waals surface area contributed by atoms with E-state index in [1.807, 2.05) is 67.6 Å². The van der Waals surface area contributed by atoms with Crippen LogP contribution in [0, 0.1) is 6.92 Å². The van der Waals surface area contributed by atoms with Gasteiger partial charge in [-0.15, -0.1) is 0 Å². The lowest BCUT2D eigenvalue weighted by Gasteiger charge is -2.12. The Labute approximate surface area is 250 Å². The number of aryl methyl sites for hydroxylation is 1. The quantitative estimate of drug-likeness (QED) is 0.231. The minimum Gasteiger partial charge on any atom is -0.324 e. The van der Waals surface area contributed by atoms with E-state index in [-0.39, 0.29) is 17.3 Å². The number of nitrogens with one attached hydrogen (secondary N) is 2. The van der Waals surface area contributed by atoms with Crippen LogP contribution in [0.1, 0.15) is 21.5 Å². The lowest BCUT2D eigenvalue weighted by molar-refractivity contribution is 0.102. The molecular formula is C33H26N6O3S.